The molecule has 0 bridgehead atoms. The van der Waals surface area contributed by atoms with Gasteiger partial charge in [0.25, 0.3) is 0 Å². The number of benzene rings is 1. The average molecular weight is 218 g/mol. The molecule has 1 aliphatic heterocycles. The van der Waals surface area contributed by atoms with E-state index in [-0.39, 0.29) is 0 Å². The van der Waals surface area contributed by atoms with Gasteiger partial charge in [0.1, 0.15) is 0 Å². The van der Waals surface area contributed by atoms with Crippen LogP contribution in [0.5, 0.6) is 0 Å². The molecule has 88 valence electrons. The van der Waals surface area contributed by atoms with Crippen LogP contribution < -0.4 is 4.90 Å². The van der Waals surface area contributed by atoms with Crippen LogP contribution in [0.2, 0.25) is 0 Å². The van der Waals surface area contributed by atoms with Crippen LogP contribution in [0.3, 0.4) is 0 Å². The molecule has 0 radical (unpaired) electrons. The second-order valence-electron chi connectivity index (χ2n) is 5.04. The molecule has 16 heavy (non-hydrogen) atoms. The van der Waals surface area contributed by atoms with E-state index in [2.05, 4.69) is 55.0 Å². The molecule has 1 aromatic rings. The van der Waals surface area contributed by atoms with Gasteiger partial charge >= 0.3 is 0 Å². The van der Waals surface area contributed by atoms with Gasteiger partial charge in [-0.2, -0.15) is 0 Å². The van der Waals surface area contributed by atoms with Crippen molar-refractivity contribution < 1.29 is 0 Å². The van der Waals surface area contributed by atoms with E-state index in [4.69, 9.17) is 0 Å². The summed E-state index contributed by atoms with van der Waals surface area (Å²) >= 11 is 0. The average Bonchev–Trinajstić information content (AvgIpc) is 2.30. The predicted octanol–water partition coefficient (Wildman–Crippen LogP) is 2.56. The quantitative estimate of drug-likeness (QED) is 0.753. The van der Waals surface area contributed by atoms with Crippen molar-refractivity contribution in [1.29, 1.82) is 0 Å². The summed E-state index contributed by atoms with van der Waals surface area (Å²) in [5.74, 6) is 0.626. The van der Waals surface area contributed by atoms with Gasteiger partial charge < -0.3 is 9.80 Å². The van der Waals surface area contributed by atoms with E-state index in [0.717, 1.165) is 13.1 Å². The third-order valence-electron chi connectivity index (χ3n) is 3.43. The van der Waals surface area contributed by atoms with E-state index in [1.54, 1.807) is 0 Å². The first kappa shape index (κ1) is 11.5. The minimum Gasteiger partial charge on any atom is -0.369 e. The van der Waals surface area contributed by atoms with E-state index < -0.39 is 0 Å². The van der Waals surface area contributed by atoms with Crippen LogP contribution in [-0.2, 0) is 0 Å². The van der Waals surface area contributed by atoms with E-state index in [9.17, 15) is 0 Å². The highest BCUT2D eigenvalue weighted by Crippen LogP contribution is 2.20. The molecule has 0 aromatic heterocycles. The number of likely N-dealkylation sites (N-methyl/N-ethyl adjacent to an activating group) is 1. The van der Waals surface area contributed by atoms with E-state index in [0.29, 0.717) is 5.92 Å². The number of nitrogens with zero attached hydrogens (tertiary/aromatic N) is 2. The van der Waals surface area contributed by atoms with Crippen molar-refractivity contribution in [3.63, 3.8) is 0 Å². The van der Waals surface area contributed by atoms with Gasteiger partial charge in [-0.25, -0.2) is 0 Å². The largest absolute Gasteiger partial charge is 0.369 e. The van der Waals surface area contributed by atoms with Gasteiger partial charge in [-0.05, 0) is 30.7 Å². The minimum absolute atomic E-state index is 0.626. The molecule has 1 heterocycles. The van der Waals surface area contributed by atoms with Crippen molar-refractivity contribution in [1.82, 2.24) is 4.90 Å². The summed E-state index contributed by atoms with van der Waals surface area (Å²) in [6.07, 6.45) is 0. The molecule has 0 unspecified atom stereocenters. The first-order valence-electron chi connectivity index (χ1n) is 6.20. The Morgan fingerprint density at radius 3 is 2.00 bits per heavy atom. The third kappa shape index (κ3) is 2.56. The summed E-state index contributed by atoms with van der Waals surface area (Å²) < 4.78 is 0. The molecule has 2 heteroatoms. The number of rotatable bonds is 2. The van der Waals surface area contributed by atoms with Gasteiger partial charge in [-0.1, -0.05) is 26.0 Å². The third-order valence-corrected chi connectivity index (χ3v) is 3.43. The molecule has 1 fully saturated rings. The molecule has 1 aliphatic rings. The molecular weight excluding hydrogens is 196 g/mol. The van der Waals surface area contributed by atoms with Crippen molar-refractivity contribution in [2.45, 2.75) is 19.8 Å². The fourth-order valence-corrected chi connectivity index (χ4v) is 2.13. The van der Waals surface area contributed by atoms with Crippen LogP contribution in [0.4, 0.5) is 5.69 Å². The number of piperazine rings is 1. The van der Waals surface area contributed by atoms with Gasteiger partial charge in [0, 0.05) is 31.9 Å². The highest BCUT2D eigenvalue weighted by atomic mass is 15.2. The zero-order chi connectivity index (χ0) is 11.5. The predicted molar refractivity (Wildman–Crippen MR) is 70.2 cm³/mol. The Labute approximate surface area is 98.9 Å². The van der Waals surface area contributed by atoms with Crippen molar-refractivity contribution in [3.05, 3.63) is 29.8 Å². The lowest BCUT2D eigenvalue weighted by Gasteiger charge is -2.34. The summed E-state index contributed by atoms with van der Waals surface area (Å²) in [5, 5.41) is 0. The van der Waals surface area contributed by atoms with E-state index in [1.165, 1.54) is 24.3 Å². The summed E-state index contributed by atoms with van der Waals surface area (Å²) in [6.45, 7) is 9.13. The highest BCUT2D eigenvalue weighted by Gasteiger charge is 2.13. The number of hydrogen-bond donors (Lipinski definition) is 0. The van der Waals surface area contributed by atoms with Crippen LogP contribution in [0.25, 0.3) is 0 Å². The maximum absolute atomic E-state index is 2.48. The first-order valence-corrected chi connectivity index (χ1v) is 6.20. The molecule has 1 saturated heterocycles. The lowest BCUT2D eigenvalue weighted by molar-refractivity contribution is 0.313. The Bertz CT molecular complexity index is 321. The van der Waals surface area contributed by atoms with Gasteiger partial charge in [0.15, 0.2) is 0 Å². The van der Waals surface area contributed by atoms with Crippen LogP contribution in [0, 0.1) is 0 Å². The Balaban J connectivity index is 2.04. The second kappa shape index (κ2) is 4.88. The van der Waals surface area contributed by atoms with Gasteiger partial charge in [0.05, 0.1) is 0 Å². The zero-order valence-electron chi connectivity index (χ0n) is 10.6. The summed E-state index contributed by atoms with van der Waals surface area (Å²) in [7, 11) is 2.19. The Morgan fingerprint density at radius 1 is 0.938 bits per heavy atom. The molecule has 2 nitrogen and oxygen atoms in total. The Hall–Kier alpha value is -1.02. The molecule has 0 spiro atoms. The SMILES string of the molecule is CC(C)c1ccc(N2CCN(C)CC2)cc1. The monoisotopic (exact) mass is 218 g/mol. The normalized spacial score (nSPS) is 18.1. The van der Waals surface area contributed by atoms with Crippen LogP contribution in [-0.4, -0.2) is 38.1 Å². The van der Waals surface area contributed by atoms with Crippen LogP contribution >= 0.6 is 0 Å². The molecule has 0 N–H and O–H groups in total. The molecule has 2 rings (SSSR count). The number of anilines is 1. The fourth-order valence-electron chi connectivity index (χ4n) is 2.13. The smallest absolute Gasteiger partial charge is 0.0367 e. The molecule has 0 aliphatic carbocycles. The molecule has 1 aromatic carbocycles. The van der Waals surface area contributed by atoms with E-state index in [1.807, 2.05) is 0 Å². The minimum atomic E-state index is 0.626. The summed E-state index contributed by atoms with van der Waals surface area (Å²) in [5.41, 5.74) is 2.80. The maximum atomic E-state index is 2.48. The van der Waals surface area contributed by atoms with E-state index >= 15 is 0 Å². The topological polar surface area (TPSA) is 6.48 Å². The first-order chi connectivity index (χ1) is 7.66. The van der Waals surface area contributed by atoms with Crippen molar-refractivity contribution in [3.8, 4) is 0 Å². The van der Waals surface area contributed by atoms with Crippen molar-refractivity contribution in [2.75, 3.05) is 38.1 Å². The van der Waals surface area contributed by atoms with Gasteiger partial charge in [-0.15, -0.1) is 0 Å². The highest BCUT2D eigenvalue weighted by molar-refractivity contribution is 5.48. The standard InChI is InChI=1S/C14H22N2/c1-12(2)13-4-6-14(7-5-13)16-10-8-15(3)9-11-16/h4-7,12H,8-11H2,1-3H3. The van der Waals surface area contributed by atoms with Gasteiger partial charge in [-0.3, -0.25) is 0 Å². The lowest BCUT2D eigenvalue weighted by atomic mass is 10.0. The summed E-state index contributed by atoms with van der Waals surface area (Å²) in [6, 6.07) is 9.05. The van der Waals surface area contributed by atoms with Gasteiger partial charge in [0.2, 0.25) is 0 Å². The van der Waals surface area contributed by atoms with Crippen LogP contribution in [0.15, 0.2) is 24.3 Å². The van der Waals surface area contributed by atoms with Crippen molar-refractivity contribution >= 4 is 5.69 Å². The van der Waals surface area contributed by atoms with Crippen LogP contribution in [0.1, 0.15) is 25.3 Å². The molecule has 0 amide bonds. The second-order valence-corrected chi connectivity index (χ2v) is 5.04. The lowest BCUT2D eigenvalue weighted by Crippen LogP contribution is -2.44. The summed E-state index contributed by atoms with van der Waals surface area (Å²) in [4.78, 5) is 4.86. The molecule has 0 saturated carbocycles. The van der Waals surface area contributed by atoms with Crippen molar-refractivity contribution in [2.24, 2.45) is 0 Å². The number of hydrogen-bond acceptors (Lipinski definition) is 2. The zero-order valence-corrected chi connectivity index (χ0v) is 10.6. The fraction of sp³-hybridized carbons (Fsp3) is 0.571. The Morgan fingerprint density at radius 2 is 1.50 bits per heavy atom. The maximum Gasteiger partial charge on any atom is 0.0367 e. The molecule has 0 atom stereocenters. The Kier molecular flexibility index (Phi) is 3.49. The molecular formula is C14H22N2.